The maximum absolute atomic E-state index is 13.9. The number of ether oxygens (including phenoxy) is 2. The molecule has 0 spiro atoms. The Balaban J connectivity index is 1.73. The minimum absolute atomic E-state index is 0.0370. The number of hydrogen-bond acceptors (Lipinski definition) is 5. The lowest BCUT2D eigenvalue weighted by molar-refractivity contribution is 0.0971. The van der Waals surface area contributed by atoms with Crippen LogP contribution in [0.3, 0.4) is 0 Å². The van der Waals surface area contributed by atoms with Crippen LogP contribution in [0.5, 0.6) is 11.5 Å². The highest BCUT2D eigenvalue weighted by atomic mass is 35.5. The minimum Gasteiger partial charge on any atom is -0.495 e. The van der Waals surface area contributed by atoms with E-state index in [0.29, 0.717) is 45.3 Å². The third-order valence-electron chi connectivity index (χ3n) is 6.84. The first kappa shape index (κ1) is 24.9. The third-order valence-corrected chi connectivity index (χ3v) is 7.14. The molecule has 0 radical (unpaired) electrons. The van der Waals surface area contributed by atoms with Crippen molar-refractivity contribution in [3.63, 3.8) is 0 Å². The van der Waals surface area contributed by atoms with E-state index in [1.807, 2.05) is 50.2 Å². The van der Waals surface area contributed by atoms with Gasteiger partial charge in [-0.2, -0.15) is 0 Å². The van der Waals surface area contributed by atoms with E-state index < -0.39 is 11.9 Å². The molecule has 1 aromatic heterocycles. The number of aryl methyl sites for hydroxylation is 2. The summed E-state index contributed by atoms with van der Waals surface area (Å²) in [7, 11) is 1.53. The number of carbonyl (C=O) groups is 1. The van der Waals surface area contributed by atoms with Crippen molar-refractivity contribution in [3.8, 4) is 11.5 Å². The molecule has 190 valence electrons. The van der Waals surface area contributed by atoms with Crippen LogP contribution in [-0.2, 0) is 0 Å². The van der Waals surface area contributed by atoms with E-state index in [1.54, 1.807) is 23.1 Å². The SMILES string of the molecule is CCCCOc1cccc(C2c3c(oc4cc(C)c(C)cc4c3=O)C(=O)N2c2ccc(OC)c(Cl)c2)c1. The summed E-state index contributed by atoms with van der Waals surface area (Å²) < 4.78 is 17.4. The van der Waals surface area contributed by atoms with E-state index in [0.717, 1.165) is 29.5 Å². The summed E-state index contributed by atoms with van der Waals surface area (Å²) in [5.74, 6) is 0.797. The molecule has 4 aromatic rings. The van der Waals surface area contributed by atoms with Crippen LogP contribution in [0.15, 0.2) is 63.8 Å². The second kappa shape index (κ2) is 9.94. The average molecular weight is 518 g/mol. The van der Waals surface area contributed by atoms with E-state index in [1.165, 1.54) is 7.11 Å². The van der Waals surface area contributed by atoms with Crippen molar-refractivity contribution < 1.29 is 18.7 Å². The predicted octanol–water partition coefficient (Wildman–Crippen LogP) is 7.00. The highest BCUT2D eigenvalue weighted by Crippen LogP contribution is 2.43. The van der Waals surface area contributed by atoms with Gasteiger partial charge < -0.3 is 13.9 Å². The van der Waals surface area contributed by atoms with Crippen molar-refractivity contribution in [2.24, 2.45) is 0 Å². The van der Waals surface area contributed by atoms with Crippen molar-refractivity contribution >= 4 is 34.2 Å². The number of fused-ring (bicyclic) bond motifs is 2. The van der Waals surface area contributed by atoms with Gasteiger partial charge in [-0.3, -0.25) is 14.5 Å². The Labute approximate surface area is 220 Å². The van der Waals surface area contributed by atoms with E-state index in [2.05, 4.69) is 6.92 Å². The first-order chi connectivity index (χ1) is 17.8. The molecule has 1 atom stereocenters. The van der Waals surface area contributed by atoms with Crippen LogP contribution in [0.4, 0.5) is 5.69 Å². The predicted molar refractivity (Wildman–Crippen MR) is 145 cm³/mol. The zero-order chi connectivity index (χ0) is 26.3. The Kier molecular flexibility index (Phi) is 6.69. The molecule has 3 aromatic carbocycles. The van der Waals surface area contributed by atoms with Gasteiger partial charge in [0.2, 0.25) is 5.76 Å². The maximum atomic E-state index is 13.9. The van der Waals surface area contributed by atoms with Crippen molar-refractivity contribution in [2.75, 3.05) is 18.6 Å². The fourth-order valence-corrected chi connectivity index (χ4v) is 4.98. The minimum atomic E-state index is -0.719. The van der Waals surface area contributed by atoms with E-state index in [4.69, 9.17) is 25.5 Å². The Morgan fingerprint density at radius 3 is 2.54 bits per heavy atom. The third kappa shape index (κ3) is 4.36. The Morgan fingerprint density at radius 2 is 1.81 bits per heavy atom. The van der Waals surface area contributed by atoms with Crippen LogP contribution in [-0.4, -0.2) is 19.6 Å². The number of halogens is 1. The van der Waals surface area contributed by atoms with E-state index >= 15 is 0 Å². The van der Waals surface area contributed by atoms with Crippen molar-refractivity contribution in [2.45, 2.75) is 39.7 Å². The lowest BCUT2D eigenvalue weighted by Gasteiger charge is -2.26. The van der Waals surface area contributed by atoms with Crippen LogP contribution >= 0.6 is 11.6 Å². The van der Waals surface area contributed by atoms with Crippen molar-refractivity contribution in [1.29, 1.82) is 0 Å². The standard InChI is InChI=1S/C30H28ClNO5/c1-5-6-12-36-21-9-7-8-19(15-21)27-26-28(33)22-13-17(2)18(3)14-25(22)37-29(26)30(34)32(27)20-10-11-24(35-4)23(31)16-20/h7-11,13-16,27H,5-6,12H2,1-4H3. The summed E-state index contributed by atoms with van der Waals surface area (Å²) in [4.78, 5) is 29.4. The molecular weight excluding hydrogens is 490 g/mol. The smallest absolute Gasteiger partial charge is 0.295 e. The number of hydrogen-bond donors (Lipinski definition) is 0. The number of carbonyl (C=O) groups excluding carboxylic acids is 1. The molecule has 0 saturated heterocycles. The van der Waals surface area contributed by atoms with Crippen LogP contribution in [0.25, 0.3) is 11.0 Å². The van der Waals surface area contributed by atoms with Gasteiger partial charge in [-0.15, -0.1) is 0 Å². The number of methoxy groups -OCH3 is 1. The van der Waals surface area contributed by atoms with Gasteiger partial charge in [-0.1, -0.05) is 37.1 Å². The van der Waals surface area contributed by atoms with Crippen LogP contribution in [0, 0.1) is 13.8 Å². The highest BCUT2D eigenvalue weighted by Gasteiger charge is 2.44. The monoisotopic (exact) mass is 517 g/mol. The number of anilines is 1. The molecule has 0 fully saturated rings. The summed E-state index contributed by atoms with van der Waals surface area (Å²) in [5, 5.41) is 0.805. The zero-order valence-corrected chi connectivity index (χ0v) is 22.0. The molecule has 1 amide bonds. The fraction of sp³-hybridized carbons (Fsp3) is 0.267. The summed E-state index contributed by atoms with van der Waals surface area (Å²) in [6, 6.07) is 15.6. The summed E-state index contributed by atoms with van der Waals surface area (Å²) in [6.45, 7) is 6.59. The lowest BCUT2D eigenvalue weighted by Crippen LogP contribution is -2.29. The molecule has 0 bridgehead atoms. The second-order valence-corrected chi connectivity index (χ2v) is 9.68. The summed E-state index contributed by atoms with van der Waals surface area (Å²) in [6.07, 6.45) is 1.95. The quantitative estimate of drug-likeness (QED) is 0.247. The number of amides is 1. The average Bonchev–Trinajstić information content (AvgIpc) is 3.18. The molecule has 0 N–H and O–H groups in total. The maximum Gasteiger partial charge on any atom is 0.295 e. The second-order valence-electron chi connectivity index (χ2n) is 9.28. The molecule has 7 heteroatoms. The molecule has 5 rings (SSSR count). The molecule has 6 nitrogen and oxygen atoms in total. The van der Waals surface area contributed by atoms with Gasteiger partial charge in [-0.25, -0.2) is 0 Å². The Morgan fingerprint density at radius 1 is 1.03 bits per heavy atom. The number of rotatable bonds is 7. The van der Waals surface area contributed by atoms with Gasteiger partial charge in [0.05, 0.1) is 35.7 Å². The van der Waals surface area contributed by atoms with Gasteiger partial charge in [0.1, 0.15) is 17.1 Å². The normalized spacial score (nSPS) is 14.8. The highest BCUT2D eigenvalue weighted by molar-refractivity contribution is 6.32. The summed E-state index contributed by atoms with van der Waals surface area (Å²) in [5.41, 5.74) is 3.70. The number of unbranched alkanes of at least 4 members (excludes halogenated alkanes) is 1. The largest absolute Gasteiger partial charge is 0.495 e. The molecule has 1 aliphatic heterocycles. The Hall–Kier alpha value is -3.77. The van der Waals surface area contributed by atoms with Gasteiger partial charge in [0, 0.05) is 5.69 Å². The van der Waals surface area contributed by atoms with Gasteiger partial charge in [0.15, 0.2) is 5.43 Å². The van der Waals surface area contributed by atoms with Gasteiger partial charge >= 0.3 is 0 Å². The number of benzene rings is 3. The molecule has 2 heterocycles. The van der Waals surface area contributed by atoms with E-state index in [9.17, 15) is 9.59 Å². The van der Waals surface area contributed by atoms with Crippen LogP contribution < -0.4 is 19.8 Å². The van der Waals surface area contributed by atoms with Crippen molar-refractivity contribution in [1.82, 2.24) is 0 Å². The molecule has 0 saturated carbocycles. The fourth-order valence-electron chi connectivity index (χ4n) is 4.72. The molecule has 1 aliphatic rings. The molecule has 0 aliphatic carbocycles. The summed E-state index contributed by atoms with van der Waals surface area (Å²) >= 11 is 6.44. The van der Waals surface area contributed by atoms with Crippen LogP contribution in [0.2, 0.25) is 5.02 Å². The molecule has 1 unspecified atom stereocenters. The van der Waals surface area contributed by atoms with Crippen molar-refractivity contribution in [3.05, 3.63) is 97.9 Å². The Bertz CT molecular complexity index is 1570. The zero-order valence-electron chi connectivity index (χ0n) is 21.3. The van der Waals surface area contributed by atoms with E-state index in [-0.39, 0.29) is 11.2 Å². The molecular formula is C30H28ClNO5. The molecule has 37 heavy (non-hydrogen) atoms. The lowest BCUT2D eigenvalue weighted by atomic mass is 9.97. The van der Waals surface area contributed by atoms with Crippen LogP contribution in [0.1, 0.15) is 58.6 Å². The van der Waals surface area contributed by atoms with Gasteiger partial charge in [0.25, 0.3) is 5.91 Å². The first-order valence-electron chi connectivity index (χ1n) is 12.3. The van der Waals surface area contributed by atoms with Gasteiger partial charge in [-0.05, 0) is 79.4 Å². The first-order valence-corrected chi connectivity index (χ1v) is 12.7. The topological polar surface area (TPSA) is 69.0 Å². The number of nitrogens with zero attached hydrogens (tertiary/aromatic N) is 1.